The number of nitrogens with zero attached hydrogens (tertiary/aromatic N) is 6. The molecule has 146 valence electrons. The van der Waals surface area contributed by atoms with Crippen LogP contribution in [0.4, 0.5) is 5.69 Å². The number of imidazole rings is 1. The SMILES string of the molecule is CN(C)c1ccc(/C=N\NC(=O)Cn2cnc3c2c(=O)n(C)c(=O)n3C)cc1. The molecule has 1 amide bonds. The van der Waals surface area contributed by atoms with E-state index in [9.17, 15) is 14.4 Å². The molecule has 10 nitrogen and oxygen atoms in total. The molecule has 3 aromatic rings. The van der Waals surface area contributed by atoms with Gasteiger partial charge in [0.1, 0.15) is 6.54 Å². The maximum absolute atomic E-state index is 12.4. The van der Waals surface area contributed by atoms with Crippen molar-refractivity contribution in [2.75, 3.05) is 19.0 Å². The third-order valence-corrected chi connectivity index (χ3v) is 4.34. The van der Waals surface area contributed by atoms with Crippen molar-refractivity contribution >= 4 is 29.0 Å². The highest BCUT2D eigenvalue weighted by Crippen LogP contribution is 2.10. The summed E-state index contributed by atoms with van der Waals surface area (Å²) in [5.41, 5.74) is 3.75. The molecule has 0 atom stereocenters. The fourth-order valence-electron chi connectivity index (χ4n) is 2.74. The van der Waals surface area contributed by atoms with Crippen molar-refractivity contribution < 1.29 is 4.79 Å². The number of rotatable bonds is 5. The van der Waals surface area contributed by atoms with E-state index in [0.717, 1.165) is 15.8 Å². The molecule has 0 aliphatic carbocycles. The predicted octanol–water partition coefficient (Wildman–Crippen LogP) is -0.350. The van der Waals surface area contributed by atoms with Gasteiger partial charge in [-0.3, -0.25) is 18.7 Å². The third kappa shape index (κ3) is 3.56. The number of anilines is 1. The van der Waals surface area contributed by atoms with Crippen LogP contribution in [-0.2, 0) is 25.4 Å². The number of fused-ring (bicyclic) bond motifs is 1. The number of nitrogens with one attached hydrogen (secondary N) is 1. The van der Waals surface area contributed by atoms with E-state index in [1.807, 2.05) is 43.3 Å². The molecule has 0 aliphatic heterocycles. The topological polar surface area (TPSA) is 107 Å². The van der Waals surface area contributed by atoms with Gasteiger partial charge < -0.3 is 9.47 Å². The first kappa shape index (κ1) is 19.1. The van der Waals surface area contributed by atoms with Crippen LogP contribution in [0.25, 0.3) is 11.2 Å². The Hall–Kier alpha value is -3.69. The molecule has 0 aliphatic rings. The Morgan fingerprint density at radius 3 is 2.50 bits per heavy atom. The third-order valence-electron chi connectivity index (χ3n) is 4.34. The van der Waals surface area contributed by atoms with E-state index in [2.05, 4.69) is 15.5 Å². The van der Waals surface area contributed by atoms with Crippen molar-refractivity contribution in [2.45, 2.75) is 6.54 Å². The summed E-state index contributed by atoms with van der Waals surface area (Å²) in [7, 11) is 6.81. The molecule has 2 heterocycles. The molecule has 0 spiro atoms. The first-order valence-corrected chi connectivity index (χ1v) is 8.49. The van der Waals surface area contributed by atoms with Gasteiger partial charge in [-0.05, 0) is 17.7 Å². The molecule has 0 bridgehead atoms. The maximum atomic E-state index is 12.4. The van der Waals surface area contributed by atoms with Crippen molar-refractivity contribution in [3.63, 3.8) is 0 Å². The van der Waals surface area contributed by atoms with E-state index >= 15 is 0 Å². The highest BCUT2D eigenvalue weighted by Gasteiger charge is 2.15. The second kappa shape index (κ2) is 7.51. The summed E-state index contributed by atoms with van der Waals surface area (Å²) in [6.07, 6.45) is 2.89. The van der Waals surface area contributed by atoms with E-state index in [0.29, 0.717) is 0 Å². The van der Waals surface area contributed by atoms with E-state index in [1.54, 1.807) is 0 Å². The standard InChI is InChI=1S/C18H21N7O3/c1-22(2)13-7-5-12(6-8-13)9-20-21-14(26)10-25-11-19-16-15(25)17(27)24(4)18(28)23(16)3/h5-9,11H,10H2,1-4H3,(H,21,26)/b20-9-. The summed E-state index contributed by atoms with van der Waals surface area (Å²) >= 11 is 0. The summed E-state index contributed by atoms with van der Waals surface area (Å²) in [4.78, 5) is 42.5. The van der Waals surface area contributed by atoms with Gasteiger partial charge in [-0.15, -0.1) is 0 Å². The average Bonchev–Trinajstić information content (AvgIpc) is 3.08. The van der Waals surface area contributed by atoms with E-state index in [-0.39, 0.29) is 17.7 Å². The molecule has 2 aromatic heterocycles. The van der Waals surface area contributed by atoms with Crippen LogP contribution < -0.4 is 21.6 Å². The summed E-state index contributed by atoms with van der Waals surface area (Å²) < 4.78 is 3.64. The summed E-state index contributed by atoms with van der Waals surface area (Å²) in [6.45, 7) is -0.152. The van der Waals surface area contributed by atoms with Crippen molar-refractivity contribution in [2.24, 2.45) is 19.2 Å². The Kier molecular flexibility index (Phi) is 5.12. The van der Waals surface area contributed by atoms with E-state index < -0.39 is 17.2 Å². The molecule has 28 heavy (non-hydrogen) atoms. The van der Waals surface area contributed by atoms with E-state index in [4.69, 9.17) is 0 Å². The van der Waals surface area contributed by atoms with Gasteiger partial charge in [0.15, 0.2) is 11.2 Å². The van der Waals surface area contributed by atoms with Crippen LogP contribution in [-0.4, -0.2) is 44.9 Å². The summed E-state index contributed by atoms with van der Waals surface area (Å²) in [5.74, 6) is -0.420. The molecule has 0 saturated carbocycles. The van der Waals surface area contributed by atoms with Crippen LogP contribution in [0, 0.1) is 0 Å². The number of hydrogen-bond acceptors (Lipinski definition) is 6. The molecule has 0 unspecified atom stereocenters. The Morgan fingerprint density at radius 2 is 1.86 bits per heavy atom. The lowest BCUT2D eigenvalue weighted by Crippen LogP contribution is -2.38. The highest BCUT2D eigenvalue weighted by molar-refractivity contribution is 5.83. The van der Waals surface area contributed by atoms with Gasteiger partial charge in [0.2, 0.25) is 0 Å². The molecule has 10 heteroatoms. The van der Waals surface area contributed by atoms with Gasteiger partial charge in [-0.1, -0.05) is 12.1 Å². The zero-order valence-corrected chi connectivity index (χ0v) is 16.1. The smallest absolute Gasteiger partial charge is 0.332 e. The van der Waals surface area contributed by atoms with Gasteiger partial charge in [-0.25, -0.2) is 15.2 Å². The zero-order valence-electron chi connectivity index (χ0n) is 16.1. The van der Waals surface area contributed by atoms with Crippen LogP contribution in [0.2, 0.25) is 0 Å². The van der Waals surface area contributed by atoms with Crippen LogP contribution in [0.3, 0.4) is 0 Å². The monoisotopic (exact) mass is 383 g/mol. The number of amides is 1. The fraction of sp³-hybridized carbons (Fsp3) is 0.278. The Morgan fingerprint density at radius 1 is 1.18 bits per heavy atom. The fourth-order valence-corrected chi connectivity index (χ4v) is 2.74. The molecule has 0 saturated heterocycles. The Labute approximate surface area is 160 Å². The van der Waals surface area contributed by atoms with Crippen molar-refractivity contribution in [1.82, 2.24) is 24.1 Å². The predicted molar refractivity (Wildman–Crippen MR) is 107 cm³/mol. The molecule has 1 aromatic carbocycles. The number of carbonyl (C=O) groups is 1. The first-order valence-electron chi connectivity index (χ1n) is 8.49. The number of carbonyl (C=O) groups excluding carboxylic acids is 1. The molecular weight excluding hydrogens is 362 g/mol. The van der Waals surface area contributed by atoms with Gasteiger partial charge in [0.25, 0.3) is 11.5 Å². The number of hydrogen-bond donors (Lipinski definition) is 1. The van der Waals surface area contributed by atoms with Gasteiger partial charge >= 0.3 is 5.69 Å². The lowest BCUT2D eigenvalue weighted by atomic mass is 10.2. The minimum absolute atomic E-state index is 0.152. The van der Waals surface area contributed by atoms with E-state index in [1.165, 1.54) is 35.8 Å². The number of benzene rings is 1. The molecule has 0 radical (unpaired) electrons. The normalized spacial score (nSPS) is 11.3. The number of aromatic nitrogens is 4. The van der Waals surface area contributed by atoms with Gasteiger partial charge in [0, 0.05) is 33.9 Å². The minimum atomic E-state index is -0.507. The van der Waals surface area contributed by atoms with Crippen LogP contribution in [0.1, 0.15) is 5.56 Å². The second-order valence-electron chi connectivity index (χ2n) is 6.53. The Bertz CT molecular complexity index is 1170. The minimum Gasteiger partial charge on any atom is -0.378 e. The van der Waals surface area contributed by atoms with Crippen molar-refractivity contribution in [3.05, 3.63) is 57.0 Å². The molecule has 1 N–H and O–H groups in total. The van der Waals surface area contributed by atoms with Crippen LogP contribution in [0.15, 0.2) is 45.3 Å². The van der Waals surface area contributed by atoms with Crippen molar-refractivity contribution in [1.29, 1.82) is 0 Å². The molecular formula is C18H21N7O3. The number of hydrazone groups is 1. The lowest BCUT2D eigenvalue weighted by Gasteiger charge is -2.11. The zero-order chi connectivity index (χ0) is 20.4. The van der Waals surface area contributed by atoms with Crippen LogP contribution >= 0.6 is 0 Å². The van der Waals surface area contributed by atoms with Gasteiger partial charge in [-0.2, -0.15) is 5.10 Å². The van der Waals surface area contributed by atoms with Crippen LogP contribution in [0.5, 0.6) is 0 Å². The summed E-state index contributed by atoms with van der Waals surface area (Å²) in [5, 5.41) is 3.94. The largest absolute Gasteiger partial charge is 0.378 e. The highest BCUT2D eigenvalue weighted by atomic mass is 16.2. The quantitative estimate of drug-likeness (QED) is 0.479. The molecule has 3 rings (SSSR count). The average molecular weight is 383 g/mol. The lowest BCUT2D eigenvalue weighted by molar-refractivity contribution is -0.121. The summed E-state index contributed by atoms with van der Waals surface area (Å²) in [6, 6.07) is 7.67. The van der Waals surface area contributed by atoms with Gasteiger partial charge in [0.05, 0.1) is 12.5 Å². The molecule has 0 fully saturated rings. The second-order valence-corrected chi connectivity index (χ2v) is 6.53. The Balaban J connectivity index is 1.73. The first-order chi connectivity index (χ1) is 13.3. The maximum Gasteiger partial charge on any atom is 0.332 e. The number of aryl methyl sites for hydroxylation is 1. The van der Waals surface area contributed by atoms with Crippen molar-refractivity contribution in [3.8, 4) is 0 Å².